The molecular formula is C14H9BrF3N2S2+. The fraction of sp³-hybridized carbons (Fsp3) is 0.286. The highest BCUT2D eigenvalue weighted by molar-refractivity contribution is 9.09. The van der Waals surface area contributed by atoms with Crippen molar-refractivity contribution in [3.05, 3.63) is 34.7 Å². The lowest BCUT2D eigenvalue weighted by Gasteiger charge is -2.12. The number of rotatable bonds is 2. The van der Waals surface area contributed by atoms with Gasteiger partial charge in [-0.05, 0) is 23.2 Å². The molecule has 0 aromatic carbocycles. The summed E-state index contributed by atoms with van der Waals surface area (Å²) in [6.07, 6.45) is -4.54. The van der Waals surface area contributed by atoms with Gasteiger partial charge in [-0.3, -0.25) is 0 Å². The number of hydrogen-bond donors (Lipinski definition) is 0. The second-order valence-electron chi connectivity index (χ2n) is 4.70. The zero-order valence-corrected chi connectivity index (χ0v) is 14.2. The van der Waals surface area contributed by atoms with Gasteiger partial charge in [-0.15, -0.1) is 11.3 Å². The number of alkyl halides is 4. The number of thioether (sulfide) groups is 1. The van der Waals surface area contributed by atoms with Crippen LogP contribution in [0.15, 0.2) is 28.6 Å². The molecule has 114 valence electrons. The summed E-state index contributed by atoms with van der Waals surface area (Å²) in [4.78, 5) is 0.768. The summed E-state index contributed by atoms with van der Waals surface area (Å²) in [6, 6.07) is 6.49. The molecule has 8 heteroatoms. The molecule has 0 spiro atoms. The minimum absolute atomic E-state index is 0.0338. The maximum Gasteiger partial charge on any atom is 0.418 e. The Morgan fingerprint density at radius 2 is 2.23 bits per heavy atom. The molecule has 0 radical (unpaired) electrons. The fourth-order valence-corrected chi connectivity index (χ4v) is 5.30. The van der Waals surface area contributed by atoms with Crippen molar-refractivity contribution in [3.63, 3.8) is 0 Å². The van der Waals surface area contributed by atoms with Crippen LogP contribution in [0.4, 0.5) is 13.2 Å². The third-order valence-corrected chi connectivity index (χ3v) is 6.25. The van der Waals surface area contributed by atoms with E-state index in [4.69, 9.17) is 0 Å². The smallest absolute Gasteiger partial charge is 0.192 e. The van der Waals surface area contributed by atoms with Gasteiger partial charge in [-0.25, -0.2) is 0 Å². The first-order valence-electron chi connectivity index (χ1n) is 6.30. The zero-order valence-electron chi connectivity index (χ0n) is 11.0. The molecule has 1 aliphatic heterocycles. The quantitative estimate of drug-likeness (QED) is 0.537. The van der Waals surface area contributed by atoms with Crippen molar-refractivity contribution >= 4 is 39.0 Å². The first-order valence-corrected chi connectivity index (χ1v) is 9.28. The largest absolute Gasteiger partial charge is 0.418 e. The van der Waals surface area contributed by atoms with Crippen LogP contribution in [0, 0.1) is 11.3 Å². The average Bonchev–Trinajstić information content (AvgIpc) is 3.13. The third-order valence-electron chi connectivity index (χ3n) is 3.39. The molecule has 3 rings (SSSR count). The standard InChI is InChI=1S/C14H9BrF3N2S2/c15-5-8-7-22-13-9(6-19)10(14(16,17)18)4-11(20(8)13)12-2-1-3-21-12/h1-4,8H,5,7H2/q+1/t8-/m0/s1. The summed E-state index contributed by atoms with van der Waals surface area (Å²) in [7, 11) is 0. The van der Waals surface area contributed by atoms with Crippen LogP contribution in [0.1, 0.15) is 17.2 Å². The highest BCUT2D eigenvalue weighted by atomic mass is 79.9. The van der Waals surface area contributed by atoms with Gasteiger partial charge in [0.25, 0.3) is 5.03 Å². The van der Waals surface area contributed by atoms with Crippen LogP contribution < -0.4 is 4.57 Å². The summed E-state index contributed by atoms with van der Waals surface area (Å²) in [5.74, 6) is 0.652. The lowest BCUT2D eigenvalue weighted by atomic mass is 10.1. The Morgan fingerprint density at radius 1 is 1.45 bits per heavy atom. The van der Waals surface area contributed by atoms with Gasteiger partial charge in [0.15, 0.2) is 6.04 Å². The normalized spacial score (nSPS) is 17.3. The highest BCUT2D eigenvalue weighted by Gasteiger charge is 2.44. The van der Waals surface area contributed by atoms with Crippen molar-refractivity contribution in [1.29, 1.82) is 5.26 Å². The van der Waals surface area contributed by atoms with Crippen LogP contribution in [0.5, 0.6) is 0 Å². The Bertz CT molecular complexity index is 751. The van der Waals surface area contributed by atoms with Crippen LogP contribution in [0.2, 0.25) is 0 Å². The van der Waals surface area contributed by atoms with Gasteiger partial charge >= 0.3 is 6.18 Å². The maximum atomic E-state index is 13.3. The van der Waals surface area contributed by atoms with Gasteiger partial charge in [0.1, 0.15) is 11.6 Å². The maximum absolute atomic E-state index is 13.3. The molecule has 0 unspecified atom stereocenters. The molecule has 0 bridgehead atoms. The van der Waals surface area contributed by atoms with E-state index in [1.54, 1.807) is 12.1 Å². The molecule has 3 heterocycles. The Balaban J connectivity index is 2.35. The number of pyridine rings is 1. The fourth-order valence-electron chi connectivity index (χ4n) is 2.44. The Hall–Kier alpha value is -1.04. The molecular weight excluding hydrogens is 397 g/mol. The lowest BCUT2D eigenvalue weighted by molar-refractivity contribution is -0.733. The Kier molecular flexibility index (Phi) is 4.23. The van der Waals surface area contributed by atoms with Crippen molar-refractivity contribution in [2.45, 2.75) is 17.2 Å². The predicted molar refractivity (Wildman–Crippen MR) is 83.2 cm³/mol. The first-order chi connectivity index (χ1) is 10.5. The van der Waals surface area contributed by atoms with Crippen molar-refractivity contribution < 1.29 is 17.7 Å². The molecule has 2 nitrogen and oxygen atoms in total. The van der Waals surface area contributed by atoms with Crippen LogP contribution in [0.3, 0.4) is 0 Å². The van der Waals surface area contributed by atoms with Gasteiger partial charge in [0.2, 0.25) is 5.69 Å². The van der Waals surface area contributed by atoms with E-state index < -0.39 is 11.7 Å². The third kappa shape index (κ3) is 2.55. The zero-order chi connectivity index (χ0) is 15.9. The SMILES string of the molecule is N#Cc1c(C(F)(F)F)cc(-c2cccs2)[n+]2c1SC[C@@H]2CBr. The number of nitrogens with zero attached hydrogens (tertiary/aromatic N) is 2. The molecule has 0 saturated heterocycles. The summed E-state index contributed by atoms with van der Waals surface area (Å²) in [6.45, 7) is 0. The van der Waals surface area contributed by atoms with Gasteiger partial charge in [-0.1, -0.05) is 22.0 Å². The van der Waals surface area contributed by atoms with E-state index in [2.05, 4.69) is 15.9 Å². The van der Waals surface area contributed by atoms with Gasteiger partial charge in [0, 0.05) is 6.07 Å². The van der Waals surface area contributed by atoms with Crippen LogP contribution in [-0.2, 0) is 6.18 Å². The monoisotopic (exact) mass is 405 g/mol. The first kappa shape index (κ1) is 15.8. The van der Waals surface area contributed by atoms with Crippen molar-refractivity contribution in [2.75, 3.05) is 11.1 Å². The minimum Gasteiger partial charge on any atom is -0.192 e. The molecule has 0 saturated carbocycles. The summed E-state index contributed by atoms with van der Waals surface area (Å²) < 4.78 is 41.8. The molecule has 0 aliphatic carbocycles. The molecule has 22 heavy (non-hydrogen) atoms. The minimum atomic E-state index is -4.54. The number of fused-ring (bicyclic) bond motifs is 1. The highest BCUT2D eigenvalue weighted by Crippen LogP contribution is 2.41. The Morgan fingerprint density at radius 3 is 2.77 bits per heavy atom. The molecule has 2 aromatic heterocycles. The van der Waals surface area contributed by atoms with E-state index in [0.29, 0.717) is 21.8 Å². The molecule has 1 aliphatic rings. The molecule has 0 amide bonds. The average molecular weight is 406 g/mol. The van der Waals surface area contributed by atoms with Gasteiger partial charge < -0.3 is 0 Å². The van der Waals surface area contributed by atoms with E-state index in [-0.39, 0.29) is 11.6 Å². The van der Waals surface area contributed by atoms with E-state index in [1.165, 1.54) is 23.1 Å². The number of aromatic nitrogens is 1. The lowest BCUT2D eigenvalue weighted by Crippen LogP contribution is -2.43. The predicted octanol–water partition coefficient (Wildman–Crippen LogP) is 4.63. The Labute approximate surface area is 141 Å². The van der Waals surface area contributed by atoms with E-state index in [0.717, 1.165) is 10.9 Å². The van der Waals surface area contributed by atoms with Crippen LogP contribution in [-0.4, -0.2) is 11.1 Å². The summed E-state index contributed by atoms with van der Waals surface area (Å²) >= 11 is 6.11. The molecule has 0 N–H and O–H groups in total. The number of halogens is 4. The number of thiophene rings is 1. The number of hydrogen-bond acceptors (Lipinski definition) is 3. The van der Waals surface area contributed by atoms with Crippen molar-refractivity contribution in [3.8, 4) is 16.6 Å². The molecule has 2 aromatic rings. The van der Waals surface area contributed by atoms with Gasteiger partial charge in [0.05, 0.1) is 21.5 Å². The second-order valence-corrected chi connectivity index (χ2v) is 7.30. The van der Waals surface area contributed by atoms with E-state index in [9.17, 15) is 18.4 Å². The topological polar surface area (TPSA) is 27.7 Å². The van der Waals surface area contributed by atoms with Gasteiger partial charge in [-0.2, -0.15) is 23.0 Å². The van der Waals surface area contributed by atoms with E-state index in [1.807, 2.05) is 16.0 Å². The summed E-state index contributed by atoms with van der Waals surface area (Å²) in [5, 5.41) is 12.1. The number of nitriles is 1. The second kappa shape index (κ2) is 5.87. The molecule has 0 fully saturated rings. The van der Waals surface area contributed by atoms with Crippen LogP contribution >= 0.6 is 39.0 Å². The van der Waals surface area contributed by atoms with Crippen LogP contribution in [0.25, 0.3) is 10.6 Å². The molecule has 1 atom stereocenters. The summed E-state index contributed by atoms with van der Waals surface area (Å²) in [5.41, 5.74) is -0.612. The van der Waals surface area contributed by atoms with E-state index >= 15 is 0 Å². The van der Waals surface area contributed by atoms with Crippen molar-refractivity contribution in [1.82, 2.24) is 0 Å². The van der Waals surface area contributed by atoms with Crippen molar-refractivity contribution in [2.24, 2.45) is 0 Å².